The van der Waals surface area contributed by atoms with E-state index in [-0.39, 0.29) is 6.42 Å². The zero-order valence-electron chi connectivity index (χ0n) is 16.1. The third-order valence-corrected chi connectivity index (χ3v) is 6.73. The predicted octanol–water partition coefficient (Wildman–Crippen LogP) is 7.09. The maximum atomic E-state index is 13.5. The topological polar surface area (TPSA) is 59.4 Å². The van der Waals surface area contributed by atoms with Gasteiger partial charge < -0.3 is 9.84 Å². The molecule has 154 valence electrons. The molecule has 0 amide bonds. The minimum absolute atomic E-state index is 0.211. The number of thiazole rings is 1. The Morgan fingerprint density at radius 1 is 1.24 bits per heavy atom. The monoisotopic (exact) mass is 543 g/mol. The highest BCUT2D eigenvalue weighted by Crippen LogP contribution is 2.41. The fourth-order valence-electron chi connectivity index (χ4n) is 2.93. The lowest BCUT2D eigenvalue weighted by molar-refractivity contribution is -0.142. The average molecular weight is 545 g/mol. The van der Waals surface area contributed by atoms with Crippen LogP contribution < -0.4 is 4.74 Å². The lowest BCUT2D eigenvalue weighted by Crippen LogP contribution is -2.17. The summed E-state index contributed by atoms with van der Waals surface area (Å²) in [6.45, 7) is 6.35. The lowest BCUT2D eigenvalue weighted by Gasteiger charge is -2.14. The smallest absolute Gasteiger partial charge is 0.338 e. The van der Waals surface area contributed by atoms with Crippen LogP contribution in [0.1, 0.15) is 30.0 Å². The Balaban J connectivity index is 1.90. The lowest BCUT2D eigenvalue weighted by atomic mass is 10.1. The Morgan fingerprint density at radius 2 is 1.90 bits per heavy atom. The molecule has 0 aliphatic rings. The van der Waals surface area contributed by atoms with Crippen molar-refractivity contribution in [2.75, 3.05) is 0 Å². The number of carbonyl (C=O) groups is 1. The summed E-state index contributed by atoms with van der Waals surface area (Å²) in [4.78, 5) is 15.5. The van der Waals surface area contributed by atoms with E-state index in [1.165, 1.54) is 0 Å². The van der Waals surface area contributed by atoms with Gasteiger partial charge in [0.15, 0.2) is 5.75 Å². The number of fused-ring (bicyclic) bond motifs is 1. The largest absolute Gasteiger partial charge is 0.479 e. The van der Waals surface area contributed by atoms with E-state index in [1.54, 1.807) is 23.5 Å². The molecule has 0 aliphatic carbocycles. The first-order chi connectivity index (χ1) is 13.7. The number of carboxylic acids is 1. The molecule has 8 heteroatoms. The summed E-state index contributed by atoms with van der Waals surface area (Å²) >= 11 is 8.59. The van der Waals surface area contributed by atoms with Crippen molar-refractivity contribution in [2.24, 2.45) is 5.92 Å². The van der Waals surface area contributed by atoms with Crippen molar-refractivity contribution in [1.29, 1.82) is 0 Å². The Bertz CT molecular complexity index is 1040. The Morgan fingerprint density at radius 3 is 2.48 bits per heavy atom. The molecule has 0 radical (unpaired) electrons. The van der Waals surface area contributed by atoms with Crippen LogP contribution in [0.3, 0.4) is 0 Å². The zero-order valence-corrected chi connectivity index (χ0v) is 20.1. The van der Waals surface area contributed by atoms with Gasteiger partial charge in [-0.2, -0.15) is 0 Å². The van der Waals surface area contributed by atoms with E-state index >= 15 is 0 Å². The maximum Gasteiger partial charge on any atom is 0.338 e. The Kier molecular flexibility index (Phi) is 6.96. The minimum Gasteiger partial charge on any atom is -0.479 e. The van der Waals surface area contributed by atoms with Gasteiger partial charge in [-0.05, 0) is 74.5 Å². The van der Waals surface area contributed by atoms with Crippen LogP contribution in [0.4, 0.5) is 4.39 Å². The summed E-state index contributed by atoms with van der Waals surface area (Å²) < 4.78 is 22.0. The van der Waals surface area contributed by atoms with Gasteiger partial charge >= 0.3 is 5.97 Å². The summed E-state index contributed by atoms with van der Waals surface area (Å²) in [7, 11) is 0. The van der Waals surface area contributed by atoms with E-state index in [4.69, 9.17) is 14.8 Å². The molecule has 0 saturated heterocycles. The number of halogens is 3. The van der Waals surface area contributed by atoms with Gasteiger partial charge in [0.2, 0.25) is 6.17 Å². The average Bonchev–Trinajstić information content (AvgIpc) is 3.02. The highest BCUT2D eigenvalue weighted by Gasteiger charge is 2.19. The number of rotatable bonds is 7. The number of aryl methyl sites for hydroxylation is 1. The van der Waals surface area contributed by atoms with Crippen molar-refractivity contribution in [3.8, 4) is 11.5 Å². The summed E-state index contributed by atoms with van der Waals surface area (Å²) in [6, 6.07) is 7.20. The first-order valence-corrected chi connectivity index (χ1v) is 11.5. The summed E-state index contributed by atoms with van der Waals surface area (Å²) in [5.74, 6) is 0.333. The van der Waals surface area contributed by atoms with E-state index in [1.807, 2.05) is 19.1 Å². The van der Waals surface area contributed by atoms with Crippen LogP contribution in [0.5, 0.6) is 11.5 Å². The Labute approximate surface area is 189 Å². The van der Waals surface area contributed by atoms with Crippen LogP contribution in [0.2, 0.25) is 0 Å². The van der Waals surface area contributed by atoms with E-state index < -0.39 is 12.1 Å². The van der Waals surface area contributed by atoms with Gasteiger partial charge in [-0.25, -0.2) is 14.2 Å². The summed E-state index contributed by atoms with van der Waals surface area (Å²) in [5, 5.41) is 9.88. The highest BCUT2D eigenvalue weighted by molar-refractivity contribution is 9.11. The van der Waals surface area contributed by atoms with Gasteiger partial charge in [-0.1, -0.05) is 13.8 Å². The van der Waals surface area contributed by atoms with Gasteiger partial charge in [-0.3, -0.25) is 0 Å². The predicted molar refractivity (Wildman–Crippen MR) is 121 cm³/mol. The normalized spacial score (nSPS) is 12.5. The van der Waals surface area contributed by atoms with Crippen LogP contribution in [0, 0.1) is 12.8 Å². The molecule has 2 aromatic carbocycles. The number of aromatic nitrogens is 1. The van der Waals surface area contributed by atoms with E-state index in [0.29, 0.717) is 31.9 Å². The molecular formula is C21H20Br2FNO3S. The fourth-order valence-corrected chi connectivity index (χ4v) is 5.64. The molecule has 3 aromatic rings. The molecule has 1 unspecified atom stereocenters. The summed E-state index contributed by atoms with van der Waals surface area (Å²) in [5.41, 5.74) is 2.53. The van der Waals surface area contributed by atoms with Crippen LogP contribution in [-0.4, -0.2) is 22.2 Å². The van der Waals surface area contributed by atoms with Gasteiger partial charge in [0.05, 0.1) is 24.2 Å². The standard InChI is InChI=1S/C21H20Br2FNO3S/c1-10(2)6-18-25-16-4-5-17(11(3)20(16)29-18)28-19-13(22)7-12(8-14(19)23)9-15(24)21(26)27/h4-5,7-8,10,15H,6,9H2,1-3H3,(H,26,27). The number of nitrogens with zero attached hydrogens (tertiary/aromatic N) is 1. The molecule has 0 spiro atoms. The number of carboxylic acid groups (broad SMARTS) is 1. The molecule has 0 fully saturated rings. The van der Waals surface area contributed by atoms with Crippen molar-refractivity contribution in [3.05, 3.63) is 49.3 Å². The van der Waals surface area contributed by atoms with Gasteiger partial charge in [-0.15, -0.1) is 11.3 Å². The second-order valence-corrected chi connectivity index (χ2v) is 10.0. The number of ether oxygens (including phenoxy) is 1. The molecule has 0 aliphatic heterocycles. The first kappa shape index (κ1) is 22.2. The van der Waals surface area contributed by atoms with Crippen LogP contribution in [0.15, 0.2) is 33.2 Å². The van der Waals surface area contributed by atoms with Crippen LogP contribution in [-0.2, 0) is 17.6 Å². The third kappa shape index (κ3) is 5.16. The zero-order chi connectivity index (χ0) is 21.3. The molecule has 1 heterocycles. The van der Waals surface area contributed by atoms with Crippen LogP contribution >= 0.6 is 43.2 Å². The molecule has 1 N–H and O–H groups in total. The number of alkyl halides is 1. The van der Waals surface area contributed by atoms with Gasteiger partial charge in [0, 0.05) is 18.4 Å². The molecule has 1 atom stereocenters. The molecule has 0 saturated carbocycles. The minimum atomic E-state index is -1.95. The first-order valence-electron chi connectivity index (χ1n) is 9.07. The highest BCUT2D eigenvalue weighted by atomic mass is 79.9. The van der Waals surface area contributed by atoms with E-state index in [0.717, 1.165) is 27.2 Å². The van der Waals surface area contributed by atoms with Crippen molar-refractivity contribution in [1.82, 2.24) is 4.98 Å². The van der Waals surface area contributed by atoms with Crippen molar-refractivity contribution in [2.45, 2.75) is 39.8 Å². The van der Waals surface area contributed by atoms with E-state index in [9.17, 15) is 9.18 Å². The third-order valence-electron chi connectivity index (χ3n) is 4.34. The maximum absolute atomic E-state index is 13.5. The molecule has 4 nitrogen and oxygen atoms in total. The van der Waals surface area contributed by atoms with Gasteiger partial charge in [0.25, 0.3) is 0 Å². The molecule has 0 bridgehead atoms. The number of hydrogen-bond donors (Lipinski definition) is 1. The number of hydrogen-bond acceptors (Lipinski definition) is 4. The Hall–Kier alpha value is -1.51. The molecular weight excluding hydrogens is 525 g/mol. The second-order valence-electron chi connectivity index (χ2n) is 7.24. The fraction of sp³-hybridized carbons (Fsp3) is 0.333. The number of aliphatic carboxylic acids is 1. The van der Waals surface area contributed by atoms with E-state index in [2.05, 4.69) is 45.7 Å². The summed E-state index contributed by atoms with van der Waals surface area (Å²) in [6.07, 6.45) is -1.21. The van der Waals surface area contributed by atoms with Crippen molar-refractivity contribution < 1.29 is 19.0 Å². The van der Waals surface area contributed by atoms with Gasteiger partial charge in [0.1, 0.15) is 5.75 Å². The van der Waals surface area contributed by atoms with Crippen molar-refractivity contribution in [3.63, 3.8) is 0 Å². The molecule has 3 rings (SSSR count). The van der Waals surface area contributed by atoms with Crippen LogP contribution in [0.25, 0.3) is 10.2 Å². The molecule has 29 heavy (non-hydrogen) atoms. The SMILES string of the molecule is Cc1c(Oc2c(Br)cc(CC(F)C(=O)O)cc2Br)ccc2nc(CC(C)C)sc12. The quantitative estimate of drug-likeness (QED) is 0.345. The number of benzene rings is 2. The van der Waals surface area contributed by atoms with Crippen molar-refractivity contribution >= 4 is 59.4 Å². The second kappa shape index (κ2) is 9.10. The molecule has 1 aromatic heterocycles.